The summed E-state index contributed by atoms with van der Waals surface area (Å²) < 4.78 is 1.46. The topological polar surface area (TPSA) is 55.9 Å². The second-order valence-electron chi connectivity index (χ2n) is 4.46. The number of H-pyrrole nitrogens is 1. The lowest BCUT2D eigenvalue weighted by molar-refractivity contribution is -0.336. The van der Waals surface area contributed by atoms with Crippen LogP contribution in [-0.4, -0.2) is 23.8 Å². The summed E-state index contributed by atoms with van der Waals surface area (Å²) in [6, 6.07) is 5.46. The largest absolute Gasteiger partial charge is 0.328 e. The monoisotopic (exact) mass is 244 g/mol. The number of nitrogens with zero attached hydrogens (tertiary/aromatic N) is 2. The molecule has 0 saturated carbocycles. The van der Waals surface area contributed by atoms with Crippen LogP contribution in [-0.2, 0) is 0 Å². The van der Waals surface area contributed by atoms with Crippen LogP contribution in [0.5, 0.6) is 0 Å². The molecule has 18 heavy (non-hydrogen) atoms. The average Bonchev–Trinajstić information content (AvgIpc) is 2.92. The van der Waals surface area contributed by atoms with Crippen molar-refractivity contribution in [3.8, 4) is 0 Å². The van der Waals surface area contributed by atoms with Crippen LogP contribution >= 0.6 is 0 Å². The van der Waals surface area contributed by atoms with Gasteiger partial charge in [-0.05, 0) is 18.9 Å². The van der Waals surface area contributed by atoms with E-state index in [4.69, 9.17) is 0 Å². The van der Waals surface area contributed by atoms with Crippen LogP contribution in [0.2, 0.25) is 0 Å². The summed E-state index contributed by atoms with van der Waals surface area (Å²) in [6.07, 6.45) is 4.50. The summed E-state index contributed by atoms with van der Waals surface area (Å²) in [5.74, 6) is 0.652. The zero-order valence-corrected chi connectivity index (χ0v) is 9.93. The number of hydrogen-bond acceptors (Lipinski definition) is 3. The van der Waals surface area contributed by atoms with E-state index in [2.05, 4.69) is 9.88 Å². The number of carbonyl (C=O) groups excluding carboxylic acids is 1. The maximum absolute atomic E-state index is 12.2. The fourth-order valence-electron chi connectivity index (χ4n) is 2.44. The van der Waals surface area contributed by atoms with Gasteiger partial charge in [0.05, 0.1) is 19.3 Å². The molecule has 1 aliphatic rings. The number of rotatable bonds is 2. The molecule has 1 N–H and O–H groups in total. The molecule has 0 bridgehead atoms. The maximum atomic E-state index is 12.2. The highest BCUT2D eigenvalue weighted by Gasteiger charge is 2.25. The summed E-state index contributed by atoms with van der Waals surface area (Å²) in [6.45, 7) is 1.78. The first kappa shape index (κ1) is 11.0. The van der Waals surface area contributed by atoms with Gasteiger partial charge in [-0.15, -0.1) is 0 Å². The predicted molar refractivity (Wildman–Crippen MR) is 67.1 cm³/mol. The third-order valence-corrected chi connectivity index (χ3v) is 3.35. The zero-order chi connectivity index (χ0) is 12.5. The normalized spacial score (nSPS) is 15.2. The van der Waals surface area contributed by atoms with Crippen LogP contribution < -0.4 is 15.4 Å². The summed E-state index contributed by atoms with van der Waals surface area (Å²) in [5.41, 5.74) is 0.650. The Morgan fingerprint density at radius 3 is 2.72 bits per heavy atom. The highest BCUT2D eigenvalue weighted by molar-refractivity contribution is 5.81. The molecule has 3 rings (SSSR count). The van der Waals surface area contributed by atoms with E-state index < -0.39 is 0 Å². The lowest BCUT2D eigenvalue weighted by Crippen LogP contribution is -2.35. The summed E-state index contributed by atoms with van der Waals surface area (Å²) in [7, 11) is 0. The number of aldehydes is 1. The Morgan fingerprint density at radius 1 is 1.22 bits per heavy atom. The van der Waals surface area contributed by atoms with E-state index in [-0.39, 0.29) is 11.1 Å². The Balaban J connectivity index is 2.30. The molecule has 2 aromatic heterocycles. The second-order valence-corrected chi connectivity index (χ2v) is 4.46. The predicted octanol–water partition coefficient (Wildman–Crippen LogP) is 0.526. The van der Waals surface area contributed by atoms with E-state index in [1.54, 1.807) is 12.3 Å². The number of hydrogen-bond donors (Lipinski definition) is 0. The fourth-order valence-corrected chi connectivity index (χ4v) is 2.44. The van der Waals surface area contributed by atoms with Crippen molar-refractivity contribution in [3.63, 3.8) is 0 Å². The van der Waals surface area contributed by atoms with E-state index in [0.717, 1.165) is 25.9 Å². The number of carbonyl (C=O) groups is 1. The minimum absolute atomic E-state index is 0.209. The third-order valence-electron chi connectivity index (χ3n) is 3.35. The van der Waals surface area contributed by atoms with Gasteiger partial charge in [-0.1, -0.05) is 6.07 Å². The highest BCUT2D eigenvalue weighted by Crippen LogP contribution is 2.16. The lowest BCUT2D eigenvalue weighted by Gasteiger charge is -2.12. The van der Waals surface area contributed by atoms with Crippen LogP contribution in [0.25, 0.3) is 5.65 Å². The summed E-state index contributed by atoms with van der Waals surface area (Å²) >= 11 is 0. The van der Waals surface area contributed by atoms with E-state index in [0.29, 0.717) is 17.8 Å². The van der Waals surface area contributed by atoms with Gasteiger partial charge in [-0.25, -0.2) is 9.78 Å². The first-order valence-electron chi connectivity index (χ1n) is 6.08. The Kier molecular flexibility index (Phi) is 2.59. The quantitative estimate of drug-likeness (QED) is 0.724. The molecule has 1 aliphatic heterocycles. The van der Waals surface area contributed by atoms with Crippen molar-refractivity contribution in [1.82, 2.24) is 4.40 Å². The molecular formula is C13H14N3O2+. The molecule has 5 heteroatoms. The van der Waals surface area contributed by atoms with Crippen molar-refractivity contribution < 1.29 is 9.78 Å². The number of aromatic amines is 1. The molecule has 92 valence electrons. The molecule has 0 aromatic carbocycles. The zero-order valence-electron chi connectivity index (χ0n) is 9.93. The molecular weight excluding hydrogens is 230 g/mol. The molecule has 0 atom stereocenters. The van der Waals surface area contributed by atoms with Crippen molar-refractivity contribution in [2.45, 2.75) is 12.8 Å². The van der Waals surface area contributed by atoms with Gasteiger partial charge in [0.25, 0.3) is 0 Å². The van der Waals surface area contributed by atoms with Gasteiger partial charge in [-0.2, -0.15) is 4.40 Å². The molecule has 1 saturated heterocycles. The van der Waals surface area contributed by atoms with Crippen LogP contribution in [0, 0.1) is 0 Å². The van der Waals surface area contributed by atoms with Crippen molar-refractivity contribution in [3.05, 3.63) is 40.3 Å². The van der Waals surface area contributed by atoms with Crippen molar-refractivity contribution in [1.29, 1.82) is 0 Å². The summed E-state index contributed by atoms with van der Waals surface area (Å²) in [5, 5.41) is 0. The molecule has 0 spiro atoms. The molecule has 0 unspecified atom stereocenters. The van der Waals surface area contributed by atoms with Crippen LogP contribution in [0.4, 0.5) is 5.82 Å². The number of pyridine rings is 1. The number of anilines is 1. The van der Waals surface area contributed by atoms with E-state index in [1.807, 2.05) is 12.1 Å². The minimum Gasteiger partial charge on any atom is -0.297 e. The first-order chi connectivity index (χ1) is 8.81. The van der Waals surface area contributed by atoms with E-state index in [9.17, 15) is 9.59 Å². The second kappa shape index (κ2) is 4.25. The number of aromatic nitrogens is 2. The molecule has 0 aliphatic carbocycles. The average molecular weight is 244 g/mol. The van der Waals surface area contributed by atoms with E-state index >= 15 is 0 Å². The molecule has 3 heterocycles. The number of fused-ring (bicyclic) bond motifs is 1. The number of nitrogens with one attached hydrogen (secondary N) is 1. The van der Waals surface area contributed by atoms with Crippen LogP contribution in [0.1, 0.15) is 23.2 Å². The van der Waals surface area contributed by atoms with Gasteiger partial charge < -0.3 is 0 Å². The molecule has 0 amide bonds. The standard InChI is InChI=1S/C13H13N3O2/c17-9-10-12(15-6-3-4-7-15)14-11-5-1-2-8-16(11)13(10)18/h1-2,5,8-9H,3-4,6-7H2/p+1. The molecule has 0 radical (unpaired) electrons. The first-order valence-corrected chi connectivity index (χ1v) is 6.08. The van der Waals surface area contributed by atoms with Gasteiger partial charge in [0, 0.05) is 6.07 Å². The molecule has 2 aromatic rings. The molecule has 1 fully saturated rings. The SMILES string of the molecule is O=Cc1c(N2CCCC2)[nH+]c2ccccn2c1=O. The minimum atomic E-state index is -0.263. The van der Waals surface area contributed by atoms with Gasteiger partial charge >= 0.3 is 5.56 Å². The van der Waals surface area contributed by atoms with Crippen LogP contribution in [0.3, 0.4) is 0 Å². The van der Waals surface area contributed by atoms with Crippen molar-refractivity contribution >= 4 is 17.8 Å². The Labute approximate surface area is 104 Å². The fraction of sp³-hybridized carbons (Fsp3) is 0.308. The molecule has 5 nitrogen and oxygen atoms in total. The smallest absolute Gasteiger partial charge is 0.297 e. The van der Waals surface area contributed by atoms with Crippen LogP contribution in [0.15, 0.2) is 29.2 Å². The Hall–Kier alpha value is -2.17. The highest BCUT2D eigenvalue weighted by atomic mass is 16.1. The lowest BCUT2D eigenvalue weighted by atomic mass is 10.3. The van der Waals surface area contributed by atoms with Crippen molar-refractivity contribution in [2.24, 2.45) is 0 Å². The van der Waals surface area contributed by atoms with Gasteiger partial charge in [-0.3, -0.25) is 9.69 Å². The van der Waals surface area contributed by atoms with Gasteiger partial charge in [0.2, 0.25) is 11.5 Å². The Bertz CT molecular complexity index is 657. The maximum Gasteiger partial charge on any atom is 0.328 e. The Morgan fingerprint density at radius 2 is 2.00 bits per heavy atom. The van der Waals surface area contributed by atoms with Crippen molar-refractivity contribution in [2.75, 3.05) is 18.0 Å². The summed E-state index contributed by atoms with van der Waals surface area (Å²) in [4.78, 5) is 28.7. The van der Waals surface area contributed by atoms with Gasteiger partial charge in [0.15, 0.2) is 11.8 Å². The van der Waals surface area contributed by atoms with E-state index in [1.165, 1.54) is 4.40 Å². The third kappa shape index (κ3) is 1.59. The van der Waals surface area contributed by atoms with Gasteiger partial charge in [0.1, 0.15) is 0 Å².